The molecule has 29 heavy (non-hydrogen) atoms. The third kappa shape index (κ3) is 4.33. The van der Waals surface area contributed by atoms with Gasteiger partial charge in [0.05, 0.1) is 12.3 Å². The number of nitrogens with zero attached hydrogens (tertiary/aromatic N) is 2. The zero-order valence-electron chi connectivity index (χ0n) is 17.0. The van der Waals surface area contributed by atoms with Gasteiger partial charge >= 0.3 is 0 Å². The maximum Gasteiger partial charge on any atom is 0.270 e. The van der Waals surface area contributed by atoms with Crippen LogP contribution >= 0.6 is 0 Å². The van der Waals surface area contributed by atoms with Crippen LogP contribution in [0.2, 0.25) is 0 Å². The van der Waals surface area contributed by atoms with Crippen LogP contribution in [0.25, 0.3) is 22.2 Å². The first-order chi connectivity index (χ1) is 14.0. The predicted octanol–water partition coefficient (Wildman–Crippen LogP) is 3.32. The van der Waals surface area contributed by atoms with Crippen LogP contribution in [0.1, 0.15) is 42.9 Å². The molecule has 1 amide bonds. The van der Waals surface area contributed by atoms with Crippen LogP contribution in [-0.2, 0) is 6.54 Å². The second-order valence-corrected chi connectivity index (χ2v) is 8.08. The molecule has 4 rings (SSSR count). The van der Waals surface area contributed by atoms with Crippen molar-refractivity contribution >= 4 is 16.8 Å². The fourth-order valence-electron chi connectivity index (χ4n) is 4.02. The number of H-pyrrole nitrogens is 1. The van der Waals surface area contributed by atoms with E-state index in [9.17, 15) is 9.90 Å². The Kier molecular flexibility index (Phi) is 5.65. The van der Waals surface area contributed by atoms with Gasteiger partial charge in [-0.2, -0.15) is 0 Å². The molecule has 0 saturated carbocycles. The van der Waals surface area contributed by atoms with Gasteiger partial charge in [-0.25, -0.2) is 4.98 Å². The third-order valence-corrected chi connectivity index (χ3v) is 5.46. The van der Waals surface area contributed by atoms with E-state index in [-0.39, 0.29) is 24.6 Å². The van der Waals surface area contributed by atoms with Gasteiger partial charge in [0, 0.05) is 40.8 Å². The summed E-state index contributed by atoms with van der Waals surface area (Å²) in [5.41, 5.74) is 4.42. The average Bonchev–Trinajstić information content (AvgIpc) is 3.33. The summed E-state index contributed by atoms with van der Waals surface area (Å²) in [6, 6.07) is 14.2. The number of aliphatic hydroxyl groups is 1. The second kappa shape index (κ2) is 8.35. The summed E-state index contributed by atoms with van der Waals surface area (Å²) in [4.78, 5) is 22.7. The molecular formula is C23H28N4O2. The Hall–Kier alpha value is -2.70. The number of carbonyl (C=O) groups excluding carboxylic acids is 1. The van der Waals surface area contributed by atoms with E-state index in [2.05, 4.69) is 38.4 Å². The zero-order chi connectivity index (χ0) is 20.4. The van der Waals surface area contributed by atoms with Crippen LogP contribution in [0.5, 0.6) is 0 Å². The number of nitrogens with one attached hydrogen (secondary N) is 2. The first-order valence-corrected chi connectivity index (χ1v) is 10.3. The van der Waals surface area contributed by atoms with Crippen molar-refractivity contribution in [2.75, 3.05) is 13.2 Å². The Bertz CT molecular complexity index is 1010. The van der Waals surface area contributed by atoms with Gasteiger partial charge in [0.15, 0.2) is 0 Å². The molecule has 1 atom stereocenters. The molecule has 6 nitrogen and oxygen atoms in total. The summed E-state index contributed by atoms with van der Waals surface area (Å²) in [5, 5.41) is 13.5. The van der Waals surface area contributed by atoms with Crippen molar-refractivity contribution in [2.45, 2.75) is 45.3 Å². The number of rotatable bonds is 6. The minimum absolute atomic E-state index is 0.0728. The highest BCUT2D eigenvalue weighted by Gasteiger charge is 2.24. The second-order valence-electron chi connectivity index (χ2n) is 8.08. The molecule has 1 aliphatic heterocycles. The van der Waals surface area contributed by atoms with Crippen molar-refractivity contribution in [3.05, 3.63) is 53.9 Å². The fraction of sp³-hybridized carbons (Fsp3) is 0.391. The van der Waals surface area contributed by atoms with Crippen molar-refractivity contribution in [3.8, 4) is 11.3 Å². The number of hydrogen-bond donors (Lipinski definition) is 3. The maximum atomic E-state index is 12.3. The normalized spacial score (nSPS) is 17.3. The summed E-state index contributed by atoms with van der Waals surface area (Å²) < 4.78 is 0. The first kappa shape index (κ1) is 19.6. The van der Waals surface area contributed by atoms with Crippen LogP contribution in [0.4, 0.5) is 0 Å². The van der Waals surface area contributed by atoms with E-state index in [4.69, 9.17) is 0 Å². The molecule has 152 valence electrons. The Morgan fingerprint density at radius 1 is 1.31 bits per heavy atom. The third-order valence-electron chi connectivity index (χ3n) is 5.46. The van der Waals surface area contributed by atoms with E-state index in [0.717, 1.165) is 53.8 Å². The lowest BCUT2D eigenvalue weighted by atomic mass is 10.1. The van der Waals surface area contributed by atoms with Gasteiger partial charge in [-0.05, 0) is 63.6 Å². The minimum Gasteiger partial charge on any atom is -0.395 e. The molecule has 3 N–H and O–H groups in total. The number of aromatic amines is 1. The highest BCUT2D eigenvalue weighted by Crippen LogP contribution is 2.26. The molecule has 2 aromatic heterocycles. The van der Waals surface area contributed by atoms with E-state index in [1.165, 1.54) is 0 Å². The summed E-state index contributed by atoms with van der Waals surface area (Å²) in [6.07, 6.45) is 2.20. The van der Waals surface area contributed by atoms with Crippen molar-refractivity contribution in [1.29, 1.82) is 0 Å². The largest absolute Gasteiger partial charge is 0.395 e. The number of hydrogen-bond acceptors (Lipinski definition) is 4. The van der Waals surface area contributed by atoms with Gasteiger partial charge in [-0.1, -0.05) is 12.1 Å². The van der Waals surface area contributed by atoms with Crippen molar-refractivity contribution in [3.63, 3.8) is 0 Å². The lowest BCUT2D eigenvalue weighted by Crippen LogP contribution is -2.31. The number of aliphatic hydroxyl groups excluding tert-OH is 1. The standard InChI is InChI=1S/C23H28N4O2/c1-15(2)24-23(29)22-7-3-6-20(26-22)16-8-9-21-17(11-16)12-18(25-21)13-27-10-4-5-19(27)14-28/h3,6-9,11-12,15,19,25,28H,4-5,10,13-14H2,1-2H3,(H,24,29)/t19-/m1/s1. The molecule has 6 heteroatoms. The van der Waals surface area contributed by atoms with Crippen LogP contribution < -0.4 is 5.32 Å². The maximum absolute atomic E-state index is 12.3. The number of amides is 1. The van der Waals surface area contributed by atoms with Crippen molar-refractivity contribution in [2.24, 2.45) is 0 Å². The molecule has 0 radical (unpaired) electrons. The highest BCUT2D eigenvalue weighted by atomic mass is 16.3. The minimum atomic E-state index is -0.157. The summed E-state index contributed by atoms with van der Waals surface area (Å²) in [7, 11) is 0. The molecule has 1 aromatic carbocycles. The molecule has 1 aliphatic rings. The Morgan fingerprint density at radius 2 is 2.17 bits per heavy atom. The molecule has 3 heterocycles. The molecule has 0 aliphatic carbocycles. The van der Waals surface area contributed by atoms with Gasteiger partial charge in [0.25, 0.3) is 5.91 Å². The van der Waals surface area contributed by atoms with Crippen molar-refractivity contribution in [1.82, 2.24) is 20.2 Å². The average molecular weight is 393 g/mol. The summed E-state index contributed by atoms with van der Waals surface area (Å²) >= 11 is 0. The van der Waals surface area contributed by atoms with Crippen LogP contribution in [0.3, 0.4) is 0 Å². The quantitative estimate of drug-likeness (QED) is 0.601. The molecular weight excluding hydrogens is 364 g/mol. The molecule has 0 spiro atoms. The van der Waals surface area contributed by atoms with Gasteiger partial charge in [-0.3, -0.25) is 9.69 Å². The monoisotopic (exact) mass is 392 g/mol. The number of fused-ring (bicyclic) bond motifs is 1. The SMILES string of the molecule is CC(C)NC(=O)c1cccc(-c2ccc3[nH]c(CN4CCC[C@@H]4CO)cc3c2)n1. The number of benzene rings is 1. The Morgan fingerprint density at radius 3 is 2.97 bits per heavy atom. The van der Waals surface area contributed by atoms with E-state index in [1.54, 1.807) is 6.07 Å². The lowest BCUT2D eigenvalue weighted by molar-refractivity contribution is 0.0938. The number of pyridine rings is 1. The van der Waals surface area contributed by atoms with Gasteiger partial charge in [0.1, 0.15) is 5.69 Å². The lowest BCUT2D eigenvalue weighted by Gasteiger charge is -2.21. The summed E-state index contributed by atoms with van der Waals surface area (Å²) in [6.45, 7) is 5.93. The number of likely N-dealkylation sites (tertiary alicyclic amines) is 1. The smallest absolute Gasteiger partial charge is 0.270 e. The Balaban J connectivity index is 1.57. The number of aromatic nitrogens is 2. The van der Waals surface area contributed by atoms with E-state index in [0.29, 0.717) is 5.69 Å². The topological polar surface area (TPSA) is 81.2 Å². The molecule has 0 bridgehead atoms. The van der Waals surface area contributed by atoms with Crippen LogP contribution in [0.15, 0.2) is 42.5 Å². The first-order valence-electron chi connectivity index (χ1n) is 10.3. The molecule has 1 saturated heterocycles. The highest BCUT2D eigenvalue weighted by molar-refractivity contribution is 5.93. The van der Waals surface area contributed by atoms with E-state index in [1.807, 2.05) is 32.0 Å². The van der Waals surface area contributed by atoms with Crippen molar-refractivity contribution < 1.29 is 9.90 Å². The fourth-order valence-corrected chi connectivity index (χ4v) is 4.02. The van der Waals surface area contributed by atoms with Gasteiger partial charge in [-0.15, -0.1) is 0 Å². The van der Waals surface area contributed by atoms with E-state index >= 15 is 0 Å². The predicted molar refractivity (Wildman–Crippen MR) is 115 cm³/mol. The molecule has 0 unspecified atom stereocenters. The Labute approximate surface area is 171 Å². The summed E-state index contributed by atoms with van der Waals surface area (Å²) in [5.74, 6) is -0.157. The van der Waals surface area contributed by atoms with E-state index < -0.39 is 0 Å². The van der Waals surface area contributed by atoms with Crippen LogP contribution in [-0.4, -0.2) is 51.1 Å². The number of carbonyl (C=O) groups is 1. The van der Waals surface area contributed by atoms with Gasteiger partial charge < -0.3 is 15.4 Å². The van der Waals surface area contributed by atoms with Gasteiger partial charge in [0.2, 0.25) is 0 Å². The molecule has 1 fully saturated rings. The zero-order valence-corrected chi connectivity index (χ0v) is 17.0. The molecule has 3 aromatic rings. The van der Waals surface area contributed by atoms with Crippen LogP contribution in [0, 0.1) is 0 Å².